The van der Waals surface area contributed by atoms with Gasteiger partial charge in [-0.25, -0.2) is 4.99 Å². The summed E-state index contributed by atoms with van der Waals surface area (Å²) in [6.07, 6.45) is 0.712. The molecule has 2 rings (SSSR count). The number of rotatable bonds is 6. The number of guanidine groups is 2. The first-order chi connectivity index (χ1) is 10.4. The van der Waals surface area contributed by atoms with Gasteiger partial charge in [0.05, 0.1) is 16.8 Å². The van der Waals surface area contributed by atoms with Gasteiger partial charge in [-0.3, -0.25) is 4.84 Å². The van der Waals surface area contributed by atoms with Crippen LogP contribution in [-0.2, 0) is 4.84 Å². The van der Waals surface area contributed by atoms with Crippen LogP contribution < -0.4 is 16.2 Å². The number of hydrogen-bond donors (Lipinski definition) is 2. The first kappa shape index (κ1) is 16.8. The Bertz CT molecular complexity index is 588. The van der Waals surface area contributed by atoms with Crippen LogP contribution in [0, 0.1) is 3.57 Å². The number of aliphatic imine (C=N–C) groups is 2. The van der Waals surface area contributed by atoms with Crippen molar-refractivity contribution in [2.45, 2.75) is 25.9 Å². The average Bonchev–Trinajstić information content (AvgIpc) is 2.42. The lowest BCUT2D eigenvalue weighted by molar-refractivity contribution is -0.158. The van der Waals surface area contributed by atoms with Crippen LogP contribution in [-0.4, -0.2) is 35.9 Å². The van der Waals surface area contributed by atoms with E-state index >= 15 is 0 Å². The van der Waals surface area contributed by atoms with Crippen LogP contribution in [0.1, 0.15) is 20.3 Å². The van der Waals surface area contributed by atoms with Crippen molar-refractivity contribution in [2.75, 3.05) is 13.2 Å². The molecule has 1 aliphatic rings. The number of para-hydroxylation sites is 1. The van der Waals surface area contributed by atoms with Crippen LogP contribution in [0.5, 0.6) is 5.75 Å². The van der Waals surface area contributed by atoms with Crippen molar-refractivity contribution in [3.8, 4) is 5.75 Å². The van der Waals surface area contributed by atoms with Crippen molar-refractivity contribution >= 4 is 34.5 Å². The van der Waals surface area contributed by atoms with Gasteiger partial charge >= 0.3 is 0 Å². The Morgan fingerprint density at radius 1 is 1.23 bits per heavy atom. The van der Waals surface area contributed by atoms with E-state index in [2.05, 4.69) is 32.6 Å². The van der Waals surface area contributed by atoms with Gasteiger partial charge in [0.25, 0.3) is 0 Å². The zero-order valence-corrected chi connectivity index (χ0v) is 14.8. The van der Waals surface area contributed by atoms with Crippen LogP contribution in [0.3, 0.4) is 0 Å². The molecule has 0 saturated heterocycles. The van der Waals surface area contributed by atoms with E-state index in [0.717, 1.165) is 9.32 Å². The topological polar surface area (TPSA) is 98.5 Å². The fraction of sp³-hybridized carbons (Fsp3) is 0.429. The molecule has 0 spiro atoms. The molecule has 0 atom stereocenters. The van der Waals surface area contributed by atoms with Gasteiger partial charge in [0.2, 0.25) is 11.9 Å². The van der Waals surface area contributed by atoms with Crippen molar-refractivity contribution in [3.05, 3.63) is 27.8 Å². The molecule has 0 unspecified atom stereocenters. The minimum absolute atomic E-state index is 0.157. The van der Waals surface area contributed by atoms with E-state index in [-0.39, 0.29) is 11.9 Å². The molecular formula is C14H20IN5O2. The number of hydroxylamine groups is 2. The standard InChI is InChI=1S/C14H20IN5O2/c1-14(2)19-12(16)18-13(17)20(14)22-9-5-8-21-11-7-4-3-6-10(11)15/h3-4,6-7H,5,8-9H2,1-2H3,(H4,16,17,18,19). The van der Waals surface area contributed by atoms with Gasteiger partial charge in [-0.2, -0.15) is 10.1 Å². The summed E-state index contributed by atoms with van der Waals surface area (Å²) in [5.74, 6) is 1.24. The number of nitrogens with two attached hydrogens (primary N) is 2. The summed E-state index contributed by atoms with van der Waals surface area (Å²) in [7, 11) is 0. The zero-order valence-electron chi connectivity index (χ0n) is 12.6. The second kappa shape index (κ2) is 7.14. The number of hydrogen-bond acceptors (Lipinski definition) is 7. The van der Waals surface area contributed by atoms with Crippen LogP contribution >= 0.6 is 22.6 Å². The Morgan fingerprint density at radius 2 is 1.95 bits per heavy atom. The van der Waals surface area contributed by atoms with Gasteiger partial charge in [-0.05, 0) is 48.6 Å². The molecule has 7 nitrogen and oxygen atoms in total. The number of nitrogens with zero attached hydrogens (tertiary/aromatic N) is 3. The molecule has 0 saturated carbocycles. The van der Waals surface area contributed by atoms with Gasteiger partial charge in [-0.15, -0.1) is 0 Å². The maximum atomic E-state index is 5.83. The second-order valence-corrected chi connectivity index (χ2v) is 6.36. The lowest BCUT2D eigenvalue weighted by Gasteiger charge is -2.36. The molecule has 0 bridgehead atoms. The first-order valence-electron chi connectivity index (χ1n) is 6.90. The van der Waals surface area contributed by atoms with E-state index in [1.54, 1.807) is 0 Å². The Kier molecular flexibility index (Phi) is 5.46. The number of halogens is 1. The highest BCUT2D eigenvalue weighted by atomic mass is 127. The van der Waals surface area contributed by atoms with Crippen LogP contribution in [0.4, 0.5) is 0 Å². The molecule has 0 aliphatic carbocycles. The SMILES string of the molecule is CC1(C)N=C(N)N=C(N)N1OCCCOc1ccccc1I. The van der Waals surface area contributed by atoms with Crippen molar-refractivity contribution in [3.63, 3.8) is 0 Å². The quantitative estimate of drug-likeness (QED) is 0.542. The van der Waals surface area contributed by atoms with Gasteiger partial charge in [-0.1, -0.05) is 12.1 Å². The van der Waals surface area contributed by atoms with Crippen molar-refractivity contribution < 1.29 is 9.57 Å². The third kappa shape index (κ3) is 4.23. The van der Waals surface area contributed by atoms with Crippen LogP contribution in [0.2, 0.25) is 0 Å². The summed E-state index contributed by atoms with van der Waals surface area (Å²) in [6, 6.07) is 7.87. The summed E-state index contributed by atoms with van der Waals surface area (Å²) >= 11 is 2.24. The Morgan fingerprint density at radius 3 is 2.64 bits per heavy atom. The monoisotopic (exact) mass is 417 g/mol. The lowest BCUT2D eigenvalue weighted by Crippen LogP contribution is -2.53. The lowest BCUT2D eigenvalue weighted by atomic mass is 10.2. The molecule has 0 fully saturated rings. The van der Waals surface area contributed by atoms with Crippen LogP contribution in [0.25, 0.3) is 0 Å². The Labute approximate surface area is 143 Å². The minimum Gasteiger partial charge on any atom is -0.492 e. The highest BCUT2D eigenvalue weighted by molar-refractivity contribution is 14.1. The van der Waals surface area contributed by atoms with E-state index in [0.29, 0.717) is 19.6 Å². The molecule has 0 radical (unpaired) electrons. The third-order valence-electron chi connectivity index (χ3n) is 2.93. The molecule has 1 aromatic rings. The Balaban J connectivity index is 1.77. The maximum absolute atomic E-state index is 5.83. The predicted octanol–water partition coefficient (Wildman–Crippen LogP) is 1.67. The fourth-order valence-electron chi connectivity index (χ4n) is 1.98. The maximum Gasteiger partial charge on any atom is 0.226 e. The third-order valence-corrected chi connectivity index (χ3v) is 3.82. The fourth-order valence-corrected chi connectivity index (χ4v) is 2.52. The molecule has 8 heteroatoms. The summed E-state index contributed by atoms with van der Waals surface area (Å²) in [5, 5.41) is 1.47. The summed E-state index contributed by atoms with van der Waals surface area (Å²) in [5.41, 5.74) is 10.8. The Hall–Kier alpha value is -1.55. The molecule has 120 valence electrons. The molecule has 1 heterocycles. The second-order valence-electron chi connectivity index (χ2n) is 5.19. The summed E-state index contributed by atoms with van der Waals surface area (Å²) < 4.78 is 6.79. The molecule has 1 aliphatic heterocycles. The largest absolute Gasteiger partial charge is 0.492 e. The minimum atomic E-state index is -0.675. The van der Waals surface area contributed by atoms with E-state index in [9.17, 15) is 0 Å². The molecule has 0 aromatic heterocycles. The van der Waals surface area contributed by atoms with E-state index in [1.807, 2.05) is 38.1 Å². The van der Waals surface area contributed by atoms with E-state index in [4.69, 9.17) is 21.0 Å². The van der Waals surface area contributed by atoms with Crippen molar-refractivity contribution in [2.24, 2.45) is 21.5 Å². The highest BCUT2D eigenvalue weighted by Gasteiger charge is 2.32. The van der Waals surface area contributed by atoms with Crippen LogP contribution in [0.15, 0.2) is 34.3 Å². The summed E-state index contributed by atoms with van der Waals surface area (Å²) in [4.78, 5) is 13.8. The molecule has 4 N–H and O–H groups in total. The zero-order chi connectivity index (χ0) is 16.2. The van der Waals surface area contributed by atoms with E-state index < -0.39 is 5.66 Å². The molecule has 1 aromatic carbocycles. The van der Waals surface area contributed by atoms with Crippen molar-refractivity contribution in [1.29, 1.82) is 0 Å². The molecular weight excluding hydrogens is 397 g/mol. The number of benzene rings is 1. The first-order valence-corrected chi connectivity index (χ1v) is 7.98. The predicted molar refractivity (Wildman–Crippen MR) is 94.4 cm³/mol. The number of ether oxygens (including phenoxy) is 1. The van der Waals surface area contributed by atoms with Gasteiger partial charge < -0.3 is 16.2 Å². The molecule has 0 amide bonds. The normalized spacial score (nSPS) is 17.0. The van der Waals surface area contributed by atoms with Gasteiger partial charge in [0.15, 0.2) is 5.66 Å². The molecule has 22 heavy (non-hydrogen) atoms. The van der Waals surface area contributed by atoms with E-state index in [1.165, 1.54) is 5.06 Å². The average molecular weight is 417 g/mol. The smallest absolute Gasteiger partial charge is 0.226 e. The van der Waals surface area contributed by atoms with Crippen molar-refractivity contribution in [1.82, 2.24) is 5.06 Å². The highest BCUT2D eigenvalue weighted by Crippen LogP contribution is 2.21. The summed E-state index contributed by atoms with van der Waals surface area (Å²) in [6.45, 7) is 4.70. The van der Waals surface area contributed by atoms with Gasteiger partial charge in [0.1, 0.15) is 5.75 Å². The van der Waals surface area contributed by atoms with Gasteiger partial charge in [0, 0.05) is 6.42 Å².